The van der Waals surface area contributed by atoms with Gasteiger partial charge in [0.25, 0.3) is 0 Å². The zero-order chi connectivity index (χ0) is 14.0. The van der Waals surface area contributed by atoms with Crippen molar-refractivity contribution in [1.82, 2.24) is 9.88 Å². The van der Waals surface area contributed by atoms with Crippen molar-refractivity contribution >= 4 is 29.0 Å². The van der Waals surface area contributed by atoms with Crippen molar-refractivity contribution in [2.45, 2.75) is 19.9 Å². The van der Waals surface area contributed by atoms with Crippen molar-refractivity contribution < 1.29 is 9.90 Å². The molecule has 0 aliphatic rings. The molecule has 5 heteroatoms. The predicted octanol–water partition coefficient (Wildman–Crippen LogP) is 2.71. The number of aromatic hydroxyl groups is 1. The molecule has 2 aromatic rings. The van der Waals surface area contributed by atoms with Crippen LogP contribution in [0.15, 0.2) is 30.3 Å². The van der Waals surface area contributed by atoms with Gasteiger partial charge < -0.3 is 10.4 Å². The van der Waals surface area contributed by atoms with Gasteiger partial charge in [-0.25, -0.2) is 0 Å². The van der Waals surface area contributed by atoms with E-state index in [1.807, 2.05) is 19.9 Å². The monoisotopic (exact) mass is 276 g/mol. The molecule has 0 aliphatic heterocycles. The first-order chi connectivity index (χ1) is 9.00. The summed E-state index contributed by atoms with van der Waals surface area (Å²) >= 11 is 5.20. The van der Waals surface area contributed by atoms with Crippen LogP contribution in [0.1, 0.15) is 18.6 Å². The molecular weight excluding hydrogens is 260 g/mol. The van der Waals surface area contributed by atoms with E-state index in [1.54, 1.807) is 24.3 Å². The molecule has 2 rings (SSSR count). The molecule has 1 aromatic carbocycles. The Hall–Kier alpha value is -1.72. The molecule has 0 aliphatic carbocycles. The lowest BCUT2D eigenvalue weighted by Crippen LogP contribution is -2.32. The first-order valence-electron chi connectivity index (χ1n) is 6.11. The van der Waals surface area contributed by atoms with Crippen molar-refractivity contribution in [3.63, 3.8) is 0 Å². The third-order valence-corrected chi connectivity index (χ3v) is 3.12. The second kappa shape index (κ2) is 5.50. The van der Waals surface area contributed by atoms with Crippen LogP contribution in [0.2, 0.25) is 0 Å². The number of aromatic nitrogens is 1. The number of pyridine rings is 1. The summed E-state index contributed by atoms with van der Waals surface area (Å²) in [6.45, 7) is 4.11. The smallest absolute Gasteiger partial charge is 0.246 e. The third kappa shape index (κ3) is 2.83. The molecular formula is C14H16N2O2S. The highest BCUT2D eigenvalue weighted by Crippen LogP contribution is 2.24. The summed E-state index contributed by atoms with van der Waals surface area (Å²) in [5.74, 6) is -0.118. The quantitative estimate of drug-likeness (QED) is 0.846. The van der Waals surface area contributed by atoms with Crippen LogP contribution in [0.25, 0.3) is 10.9 Å². The van der Waals surface area contributed by atoms with Gasteiger partial charge in [-0.1, -0.05) is 38.2 Å². The zero-order valence-electron chi connectivity index (χ0n) is 10.9. The average Bonchev–Trinajstić information content (AvgIpc) is 2.36. The van der Waals surface area contributed by atoms with Gasteiger partial charge in [0, 0.05) is 11.4 Å². The SMILES string of the molecule is CC(C)NCC(=O)n1c(=S)ccc2cccc(O)c21. The number of hydrogen-bond donors (Lipinski definition) is 2. The first kappa shape index (κ1) is 13.7. The van der Waals surface area contributed by atoms with Crippen molar-refractivity contribution in [1.29, 1.82) is 0 Å². The van der Waals surface area contributed by atoms with E-state index in [-0.39, 0.29) is 24.2 Å². The Bertz CT molecular complexity index is 677. The number of phenols is 1. The molecule has 0 spiro atoms. The summed E-state index contributed by atoms with van der Waals surface area (Å²) in [6, 6.07) is 8.84. The van der Waals surface area contributed by atoms with Crippen molar-refractivity contribution in [2.75, 3.05) is 6.54 Å². The van der Waals surface area contributed by atoms with E-state index in [1.165, 1.54) is 4.57 Å². The molecule has 1 aromatic heterocycles. The Morgan fingerprint density at radius 3 is 2.79 bits per heavy atom. The summed E-state index contributed by atoms with van der Waals surface area (Å²) < 4.78 is 1.78. The molecule has 0 saturated heterocycles. The molecule has 0 fully saturated rings. The van der Waals surface area contributed by atoms with Gasteiger partial charge in [-0.3, -0.25) is 9.36 Å². The van der Waals surface area contributed by atoms with Gasteiger partial charge in [0.1, 0.15) is 10.4 Å². The van der Waals surface area contributed by atoms with E-state index >= 15 is 0 Å². The van der Waals surface area contributed by atoms with E-state index < -0.39 is 0 Å². The number of phenolic OH excluding ortho intramolecular Hbond substituents is 1. The second-order valence-electron chi connectivity index (χ2n) is 4.65. The number of benzene rings is 1. The second-order valence-corrected chi connectivity index (χ2v) is 5.07. The molecule has 100 valence electrons. The highest BCUT2D eigenvalue weighted by molar-refractivity contribution is 7.71. The number of hydrogen-bond acceptors (Lipinski definition) is 4. The lowest BCUT2D eigenvalue weighted by Gasteiger charge is -2.13. The predicted molar refractivity (Wildman–Crippen MR) is 78.2 cm³/mol. The Morgan fingerprint density at radius 1 is 1.37 bits per heavy atom. The fraction of sp³-hybridized carbons (Fsp3) is 0.286. The number of carbonyl (C=O) groups excluding carboxylic acids is 1. The normalized spacial score (nSPS) is 11.1. The van der Waals surface area contributed by atoms with Crippen LogP contribution in [0.3, 0.4) is 0 Å². The number of nitrogens with zero attached hydrogens (tertiary/aromatic N) is 1. The third-order valence-electron chi connectivity index (χ3n) is 2.81. The number of rotatable bonds is 3. The standard InChI is InChI=1S/C14H16N2O2S/c1-9(2)15-8-12(18)16-13(19)7-6-10-4-3-5-11(17)14(10)16/h3-7,9,15,17H,8H2,1-2H3. The van der Waals surface area contributed by atoms with Gasteiger partial charge in [0.2, 0.25) is 5.91 Å². The van der Waals surface area contributed by atoms with E-state index in [4.69, 9.17) is 12.2 Å². The van der Waals surface area contributed by atoms with Crippen LogP contribution >= 0.6 is 12.2 Å². The largest absolute Gasteiger partial charge is 0.506 e. The number of nitrogens with one attached hydrogen (secondary N) is 1. The Balaban J connectivity index is 2.55. The molecule has 0 unspecified atom stereocenters. The fourth-order valence-electron chi connectivity index (χ4n) is 1.89. The zero-order valence-corrected chi connectivity index (χ0v) is 11.7. The van der Waals surface area contributed by atoms with Crippen LogP contribution in [-0.2, 0) is 0 Å². The van der Waals surface area contributed by atoms with Gasteiger partial charge in [0.05, 0.1) is 12.1 Å². The highest BCUT2D eigenvalue weighted by atomic mass is 32.1. The highest BCUT2D eigenvalue weighted by Gasteiger charge is 2.12. The van der Waals surface area contributed by atoms with Crippen LogP contribution in [0.5, 0.6) is 5.75 Å². The minimum atomic E-state index is -0.175. The number of fused-ring (bicyclic) bond motifs is 1. The molecule has 0 radical (unpaired) electrons. The van der Waals surface area contributed by atoms with E-state index in [2.05, 4.69) is 5.32 Å². The lowest BCUT2D eigenvalue weighted by atomic mass is 10.2. The summed E-state index contributed by atoms with van der Waals surface area (Å²) in [7, 11) is 0. The van der Waals surface area contributed by atoms with E-state index in [0.29, 0.717) is 10.2 Å². The molecule has 0 amide bonds. The van der Waals surface area contributed by atoms with Gasteiger partial charge in [-0.05, 0) is 18.2 Å². The van der Waals surface area contributed by atoms with E-state index in [9.17, 15) is 9.90 Å². The molecule has 1 heterocycles. The molecule has 2 N–H and O–H groups in total. The van der Waals surface area contributed by atoms with Crippen LogP contribution in [-0.4, -0.2) is 28.2 Å². The Labute approximate surface area is 116 Å². The van der Waals surface area contributed by atoms with Crippen LogP contribution in [0.4, 0.5) is 0 Å². The maximum atomic E-state index is 12.3. The minimum absolute atomic E-state index is 0.0575. The molecule has 19 heavy (non-hydrogen) atoms. The van der Waals surface area contributed by atoms with Gasteiger partial charge in [0.15, 0.2) is 0 Å². The Morgan fingerprint density at radius 2 is 2.11 bits per heavy atom. The first-order valence-corrected chi connectivity index (χ1v) is 6.52. The maximum absolute atomic E-state index is 12.3. The minimum Gasteiger partial charge on any atom is -0.506 e. The van der Waals surface area contributed by atoms with Gasteiger partial charge >= 0.3 is 0 Å². The molecule has 0 bridgehead atoms. The summed E-state index contributed by atoms with van der Waals surface area (Å²) in [5.41, 5.74) is 0.463. The molecule has 4 nitrogen and oxygen atoms in total. The fourth-order valence-corrected chi connectivity index (χ4v) is 2.15. The van der Waals surface area contributed by atoms with E-state index in [0.717, 1.165) is 5.39 Å². The summed E-state index contributed by atoms with van der Waals surface area (Å²) in [4.78, 5) is 12.3. The summed E-state index contributed by atoms with van der Waals surface area (Å²) in [5, 5.41) is 13.8. The van der Waals surface area contributed by atoms with Crippen molar-refractivity contribution in [2.24, 2.45) is 0 Å². The van der Waals surface area contributed by atoms with Crippen LogP contribution < -0.4 is 5.32 Å². The maximum Gasteiger partial charge on any atom is 0.246 e. The summed E-state index contributed by atoms with van der Waals surface area (Å²) in [6.07, 6.45) is 0. The van der Waals surface area contributed by atoms with Crippen molar-refractivity contribution in [3.8, 4) is 5.75 Å². The van der Waals surface area contributed by atoms with Crippen molar-refractivity contribution in [3.05, 3.63) is 35.0 Å². The molecule has 0 saturated carbocycles. The number of carbonyl (C=O) groups is 1. The number of para-hydroxylation sites is 1. The van der Waals surface area contributed by atoms with Crippen LogP contribution in [0, 0.1) is 4.64 Å². The van der Waals surface area contributed by atoms with Gasteiger partial charge in [-0.2, -0.15) is 0 Å². The molecule has 0 atom stereocenters. The van der Waals surface area contributed by atoms with Gasteiger partial charge in [-0.15, -0.1) is 0 Å². The average molecular weight is 276 g/mol. The lowest BCUT2D eigenvalue weighted by molar-refractivity contribution is 0.0912. The Kier molecular flexibility index (Phi) is 3.97. The topological polar surface area (TPSA) is 54.3 Å².